The summed E-state index contributed by atoms with van der Waals surface area (Å²) in [6, 6.07) is 11.8. The largest absolute Gasteiger partial charge is 0.497 e. The van der Waals surface area contributed by atoms with Gasteiger partial charge in [-0.15, -0.1) is 0 Å². The van der Waals surface area contributed by atoms with Gasteiger partial charge in [-0.05, 0) is 75.1 Å². The monoisotopic (exact) mass is 503 g/mol. The second-order valence-electron chi connectivity index (χ2n) is 9.07. The van der Waals surface area contributed by atoms with E-state index in [1.54, 1.807) is 31.4 Å². The fourth-order valence-electron chi connectivity index (χ4n) is 3.94. The molecule has 1 atom stereocenters. The maximum absolute atomic E-state index is 13.7. The average molecular weight is 504 g/mol. The van der Waals surface area contributed by atoms with Crippen LogP contribution in [0.4, 0.5) is 5.69 Å². The quantitative estimate of drug-likeness (QED) is 0.507. The summed E-state index contributed by atoms with van der Waals surface area (Å²) in [7, 11) is -2.19. The molecule has 0 heterocycles. The van der Waals surface area contributed by atoms with Gasteiger partial charge in [-0.25, -0.2) is 8.42 Å². The van der Waals surface area contributed by atoms with Gasteiger partial charge >= 0.3 is 0 Å². The van der Waals surface area contributed by atoms with Crippen LogP contribution in [0.25, 0.3) is 0 Å². The fraction of sp³-hybridized carbons (Fsp3) is 0.462. The van der Waals surface area contributed by atoms with Crippen LogP contribution in [0.2, 0.25) is 0 Å². The molecule has 35 heavy (non-hydrogen) atoms. The van der Waals surface area contributed by atoms with Crippen LogP contribution in [-0.2, 0) is 26.2 Å². The maximum atomic E-state index is 13.7. The van der Waals surface area contributed by atoms with Crippen molar-refractivity contribution in [2.24, 2.45) is 0 Å². The molecule has 192 valence electrons. The van der Waals surface area contributed by atoms with E-state index < -0.39 is 28.5 Å². The molecule has 0 aromatic heterocycles. The standard InChI is InChI=1S/C26H37N3O5S/c1-8-24(26(31)27-18(2)3)28(16-21-9-11-23(34-6)12-10-21)25(30)17-29(35(7,32)33)22-14-19(4)13-20(5)15-22/h9-15,18,24H,8,16-17H2,1-7H3,(H,27,31)/t24-/m1/s1. The summed E-state index contributed by atoms with van der Waals surface area (Å²) in [5.41, 5.74) is 2.99. The molecule has 0 bridgehead atoms. The first kappa shape index (κ1) is 28.2. The summed E-state index contributed by atoms with van der Waals surface area (Å²) < 4.78 is 31.8. The number of anilines is 1. The summed E-state index contributed by atoms with van der Waals surface area (Å²) in [5, 5.41) is 2.88. The number of ether oxygens (including phenoxy) is 1. The van der Waals surface area contributed by atoms with Crippen molar-refractivity contribution >= 4 is 27.5 Å². The Hall–Kier alpha value is -3.07. The van der Waals surface area contributed by atoms with Gasteiger partial charge in [0.25, 0.3) is 0 Å². The van der Waals surface area contributed by atoms with Gasteiger partial charge in [-0.2, -0.15) is 0 Å². The smallest absolute Gasteiger partial charge is 0.244 e. The fourth-order valence-corrected chi connectivity index (χ4v) is 4.77. The van der Waals surface area contributed by atoms with E-state index in [0.717, 1.165) is 27.3 Å². The third kappa shape index (κ3) is 7.99. The number of aryl methyl sites for hydroxylation is 2. The van der Waals surface area contributed by atoms with Crippen LogP contribution in [0.3, 0.4) is 0 Å². The molecule has 9 heteroatoms. The highest BCUT2D eigenvalue weighted by Crippen LogP contribution is 2.23. The van der Waals surface area contributed by atoms with Gasteiger partial charge in [0, 0.05) is 12.6 Å². The van der Waals surface area contributed by atoms with Crippen molar-refractivity contribution in [1.82, 2.24) is 10.2 Å². The molecule has 0 aliphatic carbocycles. The molecule has 2 rings (SSSR count). The van der Waals surface area contributed by atoms with Crippen LogP contribution < -0.4 is 14.4 Å². The van der Waals surface area contributed by atoms with Gasteiger partial charge < -0.3 is 15.0 Å². The topological polar surface area (TPSA) is 96.0 Å². The van der Waals surface area contributed by atoms with E-state index in [1.165, 1.54) is 4.90 Å². The normalized spacial score (nSPS) is 12.2. The highest BCUT2D eigenvalue weighted by molar-refractivity contribution is 7.92. The molecule has 2 amide bonds. The first-order valence-corrected chi connectivity index (χ1v) is 13.5. The van der Waals surface area contributed by atoms with Gasteiger partial charge in [0.2, 0.25) is 21.8 Å². The minimum absolute atomic E-state index is 0.0997. The van der Waals surface area contributed by atoms with E-state index in [4.69, 9.17) is 4.74 Å². The number of carbonyl (C=O) groups is 2. The number of benzene rings is 2. The highest BCUT2D eigenvalue weighted by Gasteiger charge is 2.32. The lowest BCUT2D eigenvalue weighted by Gasteiger charge is -2.33. The molecule has 2 aromatic carbocycles. The lowest BCUT2D eigenvalue weighted by molar-refractivity contribution is -0.140. The second kappa shape index (κ2) is 12.1. The van der Waals surface area contributed by atoms with Gasteiger partial charge in [-0.3, -0.25) is 13.9 Å². The van der Waals surface area contributed by atoms with Crippen molar-refractivity contribution in [2.45, 2.75) is 59.7 Å². The number of hydrogen-bond donors (Lipinski definition) is 1. The molecule has 8 nitrogen and oxygen atoms in total. The molecule has 0 aliphatic heterocycles. The van der Waals surface area contributed by atoms with Gasteiger partial charge in [0.15, 0.2) is 0 Å². The average Bonchev–Trinajstić information content (AvgIpc) is 2.75. The Labute approximate surface area is 209 Å². The third-order valence-electron chi connectivity index (χ3n) is 5.50. The van der Waals surface area contributed by atoms with E-state index in [9.17, 15) is 18.0 Å². The van der Waals surface area contributed by atoms with Gasteiger partial charge in [-0.1, -0.05) is 25.1 Å². The zero-order valence-corrected chi connectivity index (χ0v) is 22.5. The molecule has 0 spiro atoms. The van der Waals surface area contributed by atoms with Crippen molar-refractivity contribution < 1.29 is 22.7 Å². The number of methoxy groups -OCH3 is 1. The van der Waals surface area contributed by atoms with E-state index >= 15 is 0 Å². The van der Waals surface area contributed by atoms with Gasteiger partial charge in [0.1, 0.15) is 18.3 Å². The molecule has 0 saturated carbocycles. The Balaban J connectivity index is 2.46. The first-order chi connectivity index (χ1) is 16.3. The molecule has 0 fully saturated rings. The Morgan fingerprint density at radius 1 is 1.03 bits per heavy atom. The van der Waals surface area contributed by atoms with E-state index in [1.807, 2.05) is 52.8 Å². The summed E-state index contributed by atoms with van der Waals surface area (Å²) in [6.07, 6.45) is 1.46. The predicted octanol–water partition coefficient (Wildman–Crippen LogP) is 3.41. The van der Waals surface area contributed by atoms with Crippen LogP contribution >= 0.6 is 0 Å². The highest BCUT2D eigenvalue weighted by atomic mass is 32.2. The summed E-state index contributed by atoms with van der Waals surface area (Å²) in [4.78, 5) is 28.1. The third-order valence-corrected chi connectivity index (χ3v) is 6.64. The summed E-state index contributed by atoms with van der Waals surface area (Å²) >= 11 is 0. The molecule has 0 aliphatic rings. The van der Waals surface area contributed by atoms with E-state index in [-0.39, 0.29) is 18.5 Å². The van der Waals surface area contributed by atoms with Crippen LogP contribution in [0.5, 0.6) is 5.75 Å². The van der Waals surface area contributed by atoms with E-state index in [2.05, 4.69) is 5.32 Å². The number of sulfonamides is 1. The Morgan fingerprint density at radius 2 is 1.60 bits per heavy atom. The van der Waals surface area contributed by atoms with E-state index in [0.29, 0.717) is 17.9 Å². The molecular formula is C26H37N3O5S. The molecule has 0 saturated heterocycles. The Kier molecular flexibility index (Phi) is 9.71. The van der Waals surface area contributed by atoms with Crippen molar-refractivity contribution in [1.29, 1.82) is 0 Å². The Morgan fingerprint density at radius 3 is 2.06 bits per heavy atom. The maximum Gasteiger partial charge on any atom is 0.244 e. The van der Waals surface area contributed by atoms with Gasteiger partial charge in [0.05, 0.1) is 19.1 Å². The van der Waals surface area contributed by atoms with Crippen molar-refractivity contribution in [2.75, 3.05) is 24.2 Å². The van der Waals surface area contributed by atoms with Crippen molar-refractivity contribution in [3.8, 4) is 5.75 Å². The van der Waals surface area contributed by atoms with Crippen LogP contribution in [0.15, 0.2) is 42.5 Å². The number of nitrogens with zero attached hydrogens (tertiary/aromatic N) is 2. The number of hydrogen-bond acceptors (Lipinski definition) is 5. The first-order valence-electron chi connectivity index (χ1n) is 11.6. The summed E-state index contributed by atoms with van der Waals surface area (Å²) in [5.74, 6) is -0.0629. The lowest BCUT2D eigenvalue weighted by Crippen LogP contribution is -2.53. The zero-order chi connectivity index (χ0) is 26.3. The summed E-state index contributed by atoms with van der Waals surface area (Å²) in [6.45, 7) is 9.02. The molecule has 0 unspecified atom stereocenters. The predicted molar refractivity (Wildman–Crippen MR) is 139 cm³/mol. The van der Waals surface area contributed by atoms with Crippen molar-refractivity contribution in [3.63, 3.8) is 0 Å². The SMILES string of the molecule is CC[C@H](C(=O)NC(C)C)N(Cc1ccc(OC)cc1)C(=O)CN(c1cc(C)cc(C)c1)S(C)(=O)=O. The van der Waals surface area contributed by atoms with Crippen LogP contribution in [0, 0.1) is 13.8 Å². The van der Waals surface area contributed by atoms with Crippen LogP contribution in [0.1, 0.15) is 43.9 Å². The molecular weight excluding hydrogens is 466 g/mol. The minimum Gasteiger partial charge on any atom is -0.497 e. The minimum atomic E-state index is -3.76. The van der Waals surface area contributed by atoms with Crippen molar-refractivity contribution in [3.05, 3.63) is 59.2 Å². The zero-order valence-electron chi connectivity index (χ0n) is 21.7. The molecule has 1 N–H and O–H groups in total. The number of carbonyl (C=O) groups excluding carboxylic acids is 2. The second-order valence-corrected chi connectivity index (χ2v) is 11.0. The molecule has 0 radical (unpaired) electrons. The van der Waals surface area contributed by atoms with Crippen LogP contribution in [-0.4, -0.2) is 57.1 Å². The number of rotatable bonds is 11. The molecule has 2 aromatic rings. The lowest BCUT2D eigenvalue weighted by atomic mass is 10.1. The number of amides is 2. The Bertz CT molecular complexity index is 1110. The number of nitrogens with one attached hydrogen (secondary N) is 1.